The summed E-state index contributed by atoms with van der Waals surface area (Å²) in [6.07, 6.45) is 1.68. The first-order valence-corrected chi connectivity index (χ1v) is 9.66. The van der Waals surface area contributed by atoms with Gasteiger partial charge < -0.3 is 9.47 Å². The summed E-state index contributed by atoms with van der Waals surface area (Å²) in [5, 5.41) is 4.30. The fourth-order valence-corrected chi connectivity index (χ4v) is 3.60. The maximum absolute atomic E-state index is 12.8. The van der Waals surface area contributed by atoms with Crippen molar-refractivity contribution in [1.29, 1.82) is 0 Å². The monoisotopic (exact) mass is 479 g/mol. The van der Waals surface area contributed by atoms with E-state index in [0.717, 1.165) is 5.56 Å². The Bertz CT molecular complexity index is 1010. The minimum Gasteiger partial charge on any atom is -0.495 e. The number of rotatable bonds is 4. The number of fused-ring (bicyclic) bond motifs is 1. The normalized spacial score (nSPS) is 11.6. The molecule has 0 aliphatic heterocycles. The van der Waals surface area contributed by atoms with Gasteiger partial charge in [-0.05, 0) is 67.0 Å². The van der Waals surface area contributed by atoms with E-state index >= 15 is 0 Å². The highest BCUT2D eigenvalue weighted by molar-refractivity contribution is 14.1. The van der Waals surface area contributed by atoms with Crippen molar-refractivity contribution in [3.05, 3.63) is 50.9 Å². The number of aromatic nitrogens is 3. The second-order valence-corrected chi connectivity index (χ2v) is 8.13. The lowest BCUT2D eigenvalue weighted by Gasteiger charge is -2.26. The van der Waals surface area contributed by atoms with Gasteiger partial charge in [-0.1, -0.05) is 18.2 Å². The highest BCUT2D eigenvalue weighted by Crippen LogP contribution is 2.25. The zero-order chi connectivity index (χ0) is 19.8. The van der Waals surface area contributed by atoms with E-state index in [1.807, 2.05) is 19.9 Å². The third-order valence-corrected chi connectivity index (χ3v) is 5.29. The van der Waals surface area contributed by atoms with Crippen molar-refractivity contribution in [3.63, 3.8) is 0 Å². The predicted octanol–water partition coefficient (Wildman–Crippen LogP) is 4.67. The zero-order valence-corrected chi connectivity index (χ0v) is 18.2. The molecular formula is C20H22IN3O3. The third kappa shape index (κ3) is 4.07. The highest BCUT2D eigenvalue weighted by atomic mass is 127. The van der Waals surface area contributed by atoms with Gasteiger partial charge in [-0.3, -0.25) is 0 Å². The van der Waals surface area contributed by atoms with Crippen LogP contribution < -0.4 is 4.74 Å². The number of aryl methyl sites for hydroxylation is 1. The quantitative estimate of drug-likeness (QED) is 0.509. The summed E-state index contributed by atoms with van der Waals surface area (Å²) in [5.74, 6) is 0.558. The van der Waals surface area contributed by atoms with Gasteiger partial charge in [0.1, 0.15) is 26.1 Å². The molecule has 7 heteroatoms. The molecular weight excluding hydrogens is 457 g/mol. The molecule has 142 valence electrons. The van der Waals surface area contributed by atoms with Crippen molar-refractivity contribution in [2.45, 2.75) is 39.7 Å². The summed E-state index contributed by atoms with van der Waals surface area (Å²) in [4.78, 5) is 17.2. The molecule has 0 saturated heterocycles. The summed E-state index contributed by atoms with van der Waals surface area (Å²) in [6, 6.07) is 7.91. The Morgan fingerprint density at radius 3 is 2.74 bits per heavy atom. The first-order valence-electron chi connectivity index (χ1n) is 8.58. The molecule has 0 bridgehead atoms. The van der Waals surface area contributed by atoms with E-state index in [4.69, 9.17) is 9.47 Å². The molecule has 3 aromatic rings. The Hall–Kier alpha value is -2.16. The SMILES string of the molecule is COc1cnc2c(I)nn(C(=O)OC(C)(C)Cc3cccc(C)c3C)c2c1. The van der Waals surface area contributed by atoms with Gasteiger partial charge in [0.05, 0.1) is 13.3 Å². The molecule has 2 heterocycles. The lowest BCUT2D eigenvalue weighted by Crippen LogP contribution is -2.33. The van der Waals surface area contributed by atoms with Gasteiger partial charge in [-0.15, -0.1) is 0 Å². The van der Waals surface area contributed by atoms with Crippen LogP contribution in [0.5, 0.6) is 5.75 Å². The lowest BCUT2D eigenvalue weighted by atomic mass is 9.93. The third-order valence-electron chi connectivity index (χ3n) is 4.56. The minimum atomic E-state index is -0.689. The number of ether oxygens (including phenoxy) is 2. The van der Waals surface area contributed by atoms with Crippen LogP contribution in [0.25, 0.3) is 11.0 Å². The lowest BCUT2D eigenvalue weighted by molar-refractivity contribution is 0.0387. The fourth-order valence-electron chi connectivity index (χ4n) is 2.97. The van der Waals surface area contributed by atoms with Crippen molar-refractivity contribution >= 4 is 39.7 Å². The number of nitrogens with zero attached hydrogens (tertiary/aromatic N) is 3. The fraction of sp³-hybridized carbons (Fsp3) is 0.350. The standard InChI is InChI=1S/C20H22IN3O3/c1-12-7-6-8-14(13(12)2)10-20(3,4)27-19(25)24-16-9-15(26-5)11-22-17(16)18(21)23-24/h6-9,11H,10H2,1-5H3. The van der Waals surface area contributed by atoms with Gasteiger partial charge >= 0.3 is 6.09 Å². The van der Waals surface area contributed by atoms with Crippen LogP contribution in [0.1, 0.15) is 30.5 Å². The van der Waals surface area contributed by atoms with Gasteiger partial charge in [0.15, 0.2) is 0 Å². The molecule has 3 rings (SSSR count). The van der Waals surface area contributed by atoms with Crippen LogP contribution in [-0.4, -0.2) is 33.6 Å². The number of carbonyl (C=O) groups excluding carboxylic acids is 1. The maximum atomic E-state index is 12.8. The van der Waals surface area contributed by atoms with Crippen LogP contribution in [0.3, 0.4) is 0 Å². The van der Waals surface area contributed by atoms with Crippen LogP contribution in [0.15, 0.2) is 30.5 Å². The minimum absolute atomic E-state index is 0.534. The van der Waals surface area contributed by atoms with Crippen LogP contribution in [0.4, 0.5) is 4.79 Å². The summed E-state index contributed by atoms with van der Waals surface area (Å²) in [7, 11) is 1.56. The molecule has 0 fully saturated rings. The molecule has 0 radical (unpaired) electrons. The van der Waals surface area contributed by atoms with Gasteiger partial charge in [0, 0.05) is 12.5 Å². The second kappa shape index (κ2) is 7.46. The largest absolute Gasteiger partial charge is 0.495 e. The van der Waals surface area contributed by atoms with E-state index in [1.165, 1.54) is 15.8 Å². The molecule has 1 aromatic carbocycles. The van der Waals surface area contributed by atoms with Crippen molar-refractivity contribution in [2.24, 2.45) is 0 Å². The molecule has 0 saturated carbocycles. The second-order valence-electron chi connectivity index (χ2n) is 7.11. The molecule has 2 aromatic heterocycles. The summed E-state index contributed by atoms with van der Waals surface area (Å²) in [6.45, 7) is 7.98. The van der Waals surface area contributed by atoms with E-state index in [1.54, 1.807) is 19.4 Å². The van der Waals surface area contributed by atoms with Crippen LogP contribution in [0, 0.1) is 17.5 Å². The smallest absolute Gasteiger partial charge is 0.435 e. The molecule has 0 spiro atoms. The Morgan fingerprint density at radius 1 is 1.30 bits per heavy atom. The Labute approximate surface area is 172 Å². The summed E-state index contributed by atoms with van der Waals surface area (Å²) in [5.41, 5.74) is 4.11. The van der Waals surface area contributed by atoms with Crippen molar-refractivity contribution < 1.29 is 14.3 Å². The van der Waals surface area contributed by atoms with E-state index in [-0.39, 0.29) is 0 Å². The maximum Gasteiger partial charge on any atom is 0.435 e. The zero-order valence-electron chi connectivity index (χ0n) is 16.0. The molecule has 0 amide bonds. The first kappa shape index (κ1) is 19.6. The number of halogens is 1. The molecule has 6 nitrogen and oxygen atoms in total. The number of hydrogen-bond donors (Lipinski definition) is 0. The van der Waals surface area contributed by atoms with E-state index in [0.29, 0.717) is 26.9 Å². The van der Waals surface area contributed by atoms with Gasteiger partial charge in [0.25, 0.3) is 0 Å². The Kier molecular flexibility index (Phi) is 5.41. The molecule has 0 atom stereocenters. The topological polar surface area (TPSA) is 66.2 Å². The van der Waals surface area contributed by atoms with E-state index in [9.17, 15) is 4.79 Å². The molecule has 0 unspecified atom stereocenters. The molecule has 0 aliphatic carbocycles. The number of hydrogen-bond acceptors (Lipinski definition) is 5. The average Bonchev–Trinajstić information content (AvgIpc) is 2.94. The van der Waals surface area contributed by atoms with Crippen LogP contribution in [-0.2, 0) is 11.2 Å². The summed E-state index contributed by atoms with van der Waals surface area (Å²) >= 11 is 2.06. The number of carbonyl (C=O) groups is 1. The van der Waals surface area contributed by atoms with E-state index in [2.05, 4.69) is 58.7 Å². The van der Waals surface area contributed by atoms with Crippen LogP contribution in [0.2, 0.25) is 0 Å². The first-order chi connectivity index (χ1) is 12.7. The predicted molar refractivity (Wildman–Crippen MR) is 112 cm³/mol. The van der Waals surface area contributed by atoms with Crippen LogP contribution >= 0.6 is 22.6 Å². The number of methoxy groups -OCH3 is 1. The van der Waals surface area contributed by atoms with Crippen molar-refractivity contribution in [3.8, 4) is 5.75 Å². The number of benzene rings is 1. The number of pyridine rings is 1. The Balaban J connectivity index is 1.88. The van der Waals surface area contributed by atoms with Crippen molar-refractivity contribution in [1.82, 2.24) is 14.8 Å². The molecule has 0 aliphatic rings. The molecule has 0 N–H and O–H groups in total. The van der Waals surface area contributed by atoms with Gasteiger partial charge in [-0.2, -0.15) is 9.78 Å². The van der Waals surface area contributed by atoms with E-state index < -0.39 is 11.7 Å². The summed E-state index contributed by atoms with van der Waals surface area (Å²) < 4.78 is 12.9. The highest BCUT2D eigenvalue weighted by Gasteiger charge is 2.27. The van der Waals surface area contributed by atoms with Gasteiger partial charge in [0.2, 0.25) is 0 Å². The average molecular weight is 479 g/mol. The Morgan fingerprint density at radius 2 is 2.04 bits per heavy atom. The van der Waals surface area contributed by atoms with Crippen molar-refractivity contribution in [2.75, 3.05) is 7.11 Å². The molecule has 27 heavy (non-hydrogen) atoms. The van der Waals surface area contributed by atoms with Gasteiger partial charge in [-0.25, -0.2) is 9.78 Å².